The van der Waals surface area contributed by atoms with Crippen LogP contribution in [0.25, 0.3) is 0 Å². The molecule has 1 saturated heterocycles. The molecule has 0 radical (unpaired) electrons. The molecule has 2 N–H and O–H groups in total. The van der Waals surface area contributed by atoms with Crippen molar-refractivity contribution in [2.75, 3.05) is 33.8 Å². The Balaban J connectivity index is 1.61. The van der Waals surface area contributed by atoms with E-state index in [4.69, 9.17) is 14.9 Å². The molecule has 38 heavy (non-hydrogen) atoms. The molecular weight excluding hydrogens is 502 g/mol. The van der Waals surface area contributed by atoms with Crippen LogP contribution in [-0.4, -0.2) is 57.3 Å². The molecule has 0 saturated carbocycles. The molecule has 0 spiro atoms. The smallest absolute Gasteiger partial charge is 0.251 e. The van der Waals surface area contributed by atoms with Crippen molar-refractivity contribution in [1.82, 2.24) is 9.21 Å². The zero-order chi connectivity index (χ0) is 27.4. The van der Waals surface area contributed by atoms with Crippen LogP contribution in [0.3, 0.4) is 0 Å². The van der Waals surface area contributed by atoms with Crippen molar-refractivity contribution in [3.8, 4) is 5.75 Å². The number of primary amides is 1. The molecular formula is C29H37N3O5S. The minimum atomic E-state index is -3.79. The maximum absolute atomic E-state index is 13.7. The molecule has 204 valence electrons. The van der Waals surface area contributed by atoms with E-state index in [-0.39, 0.29) is 17.4 Å². The molecule has 1 atom stereocenters. The Hall–Kier alpha value is -3.14. The first kappa shape index (κ1) is 27.9. The van der Waals surface area contributed by atoms with Crippen LogP contribution in [0, 0.1) is 13.8 Å². The quantitative estimate of drug-likeness (QED) is 0.391. The van der Waals surface area contributed by atoms with E-state index < -0.39 is 15.9 Å². The number of carbonyl (C=O) groups is 1. The Labute approximate surface area is 225 Å². The highest BCUT2D eigenvalue weighted by molar-refractivity contribution is 7.89. The number of carbonyl (C=O) groups excluding carboxylic acids is 1. The standard InChI is InChI=1S/C29H37N3O5S/c1-20-13-26(36-4)14-21(2)28(20)38(34,35)31(3)18-24(15-27-16-25(19-37-27)29(30)33)23-9-7-22(8-10-23)17-32-11-5-6-12-32/h7-10,13-14,16,19,24H,5-6,11-12,15,17-18H2,1-4H3,(H2,30,33). The summed E-state index contributed by atoms with van der Waals surface area (Å²) in [7, 11) is -0.622. The third kappa shape index (κ3) is 6.28. The van der Waals surface area contributed by atoms with Gasteiger partial charge in [-0.05, 0) is 80.2 Å². The summed E-state index contributed by atoms with van der Waals surface area (Å²) in [5.74, 6) is 0.429. The van der Waals surface area contributed by atoms with Gasteiger partial charge in [0.1, 0.15) is 17.8 Å². The SMILES string of the molecule is COc1cc(C)c(S(=O)(=O)N(C)CC(Cc2cc(C(N)=O)co2)c2ccc(CN3CCCC3)cc2)c(C)c1. The number of aryl methyl sites for hydroxylation is 2. The third-order valence-electron chi connectivity index (χ3n) is 7.26. The second kappa shape index (κ2) is 11.7. The predicted octanol–water partition coefficient (Wildman–Crippen LogP) is 4.25. The summed E-state index contributed by atoms with van der Waals surface area (Å²) < 4.78 is 39.8. The maximum Gasteiger partial charge on any atom is 0.251 e. The van der Waals surface area contributed by atoms with Crippen LogP contribution >= 0.6 is 0 Å². The predicted molar refractivity (Wildman–Crippen MR) is 147 cm³/mol. The highest BCUT2D eigenvalue weighted by atomic mass is 32.2. The first-order chi connectivity index (χ1) is 18.1. The Morgan fingerprint density at radius 3 is 2.29 bits per heavy atom. The summed E-state index contributed by atoms with van der Waals surface area (Å²) in [5.41, 5.74) is 9.20. The topological polar surface area (TPSA) is 106 Å². The van der Waals surface area contributed by atoms with Gasteiger partial charge in [-0.15, -0.1) is 0 Å². The van der Waals surface area contributed by atoms with Crippen LogP contribution in [0.15, 0.2) is 58.0 Å². The highest BCUT2D eigenvalue weighted by Crippen LogP contribution is 2.30. The molecule has 8 nitrogen and oxygen atoms in total. The van der Waals surface area contributed by atoms with E-state index in [2.05, 4.69) is 29.2 Å². The second-order valence-electron chi connectivity index (χ2n) is 10.2. The van der Waals surface area contributed by atoms with Crippen LogP contribution in [0.5, 0.6) is 5.75 Å². The Morgan fingerprint density at radius 2 is 1.74 bits per heavy atom. The van der Waals surface area contributed by atoms with Gasteiger partial charge in [-0.2, -0.15) is 0 Å². The number of rotatable bonds is 11. The summed E-state index contributed by atoms with van der Waals surface area (Å²) in [6, 6.07) is 13.5. The van der Waals surface area contributed by atoms with Gasteiger partial charge in [0.15, 0.2) is 0 Å². The molecule has 1 fully saturated rings. The summed E-state index contributed by atoms with van der Waals surface area (Å²) in [4.78, 5) is 14.3. The average Bonchev–Trinajstić information content (AvgIpc) is 3.56. The van der Waals surface area contributed by atoms with Gasteiger partial charge in [-0.1, -0.05) is 24.3 Å². The lowest BCUT2D eigenvalue weighted by Crippen LogP contribution is -2.32. The number of ether oxygens (including phenoxy) is 1. The van der Waals surface area contributed by atoms with Gasteiger partial charge in [0.25, 0.3) is 5.91 Å². The summed E-state index contributed by atoms with van der Waals surface area (Å²) in [5, 5.41) is 0. The van der Waals surface area contributed by atoms with E-state index >= 15 is 0 Å². The van der Waals surface area contributed by atoms with Crippen molar-refractivity contribution in [3.63, 3.8) is 0 Å². The molecule has 3 aromatic rings. The first-order valence-corrected chi connectivity index (χ1v) is 14.3. The monoisotopic (exact) mass is 539 g/mol. The molecule has 0 aliphatic carbocycles. The van der Waals surface area contributed by atoms with E-state index in [1.54, 1.807) is 46.2 Å². The molecule has 1 aliphatic heterocycles. The van der Waals surface area contributed by atoms with E-state index in [1.807, 2.05) is 0 Å². The maximum atomic E-state index is 13.7. The van der Waals surface area contributed by atoms with Crippen LogP contribution in [0.4, 0.5) is 0 Å². The van der Waals surface area contributed by atoms with Crippen LogP contribution < -0.4 is 10.5 Å². The number of amides is 1. The molecule has 1 amide bonds. The van der Waals surface area contributed by atoms with E-state index in [9.17, 15) is 13.2 Å². The minimum absolute atomic E-state index is 0.207. The lowest BCUT2D eigenvalue weighted by atomic mass is 9.93. The van der Waals surface area contributed by atoms with Crippen molar-refractivity contribution in [3.05, 3.63) is 82.3 Å². The Bertz CT molecular complexity index is 1350. The van der Waals surface area contributed by atoms with E-state index in [0.29, 0.717) is 34.6 Å². The molecule has 1 unspecified atom stereocenters. The zero-order valence-corrected chi connectivity index (χ0v) is 23.4. The average molecular weight is 540 g/mol. The van der Waals surface area contributed by atoms with Gasteiger partial charge in [0.05, 0.1) is 17.6 Å². The number of nitrogens with zero attached hydrogens (tertiary/aromatic N) is 2. The number of hydrogen-bond acceptors (Lipinski definition) is 6. The molecule has 4 rings (SSSR count). The fourth-order valence-corrected chi connectivity index (χ4v) is 6.86. The van der Waals surface area contributed by atoms with Gasteiger partial charge >= 0.3 is 0 Å². The Kier molecular flexibility index (Phi) is 8.60. The molecule has 2 aromatic carbocycles. The van der Waals surface area contributed by atoms with E-state index in [0.717, 1.165) is 25.2 Å². The molecule has 1 aliphatic rings. The normalized spacial score (nSPS) is 15.2. The summed E-state index contributed by atoms with van der Waals surface area (Å²) in [6.07, 6.45) is 4.24. The fraction of sp³-hybridized carbons (Fsp3) is 0.414. The van der Waals surface area contributed by atoms with E-state index in [1.165, 1.54) is 29.0 Å². The number of likely N-dealkylation sites (tertiary alicyclic amines) is 1. The van der Waals surface area contributed by atoms with Gasteiger partial charge in [0, 0.05) is 32.5 Å². The number of furan rings is 1. The van der Waals surface area contributed by atoms with Crippen molar-refractivity contribution in [2.24, 2.45) is 5.73 Å². The van der Waals surface area contributed by atoms with Crippen molar-refractivity contribution < 1.29 is 22.4 Å². The number of sulfonamides is 1. The van der Waals surface area contributed by atoms with Crippen LogP contribution in [-0.2, 0) is 23.0 Å². The van der Waals surface area contributed by atoms with Gasteiger partial charge in [0.2, 0.25) is 10.0 Å². The summed E-state index contributed by atoms with van der Waals surface area (Å²) in [6.45, 7) is 6.94. The first-order valence-electron chi connectivity index (χ1n) is 12.9. The molecule has 1 aromatic heterocycles. The number of nitrogens with two attached hydrogens (primary N) is 1. The Morgan fingerprint density at radius 1 is 1.11 bits per heavy atom. The molecule has 2 heterocycles. The van der Waals surface area contributed by atoms with Gasteiger partial charge < -0.3 is 14.9 Å². The van der Waals surface area contributed by atoms with Crippen molar-refractivity contribution in [2.45, 2.75) is 50.5 Å². The lowest BCUT2D eigenvalue weighted by Gasteiger charge is -2.26. The van der Waals surface area contributed by atoms with Crippen LogP contribution in [0.1, 0.15) is 57.1 Å². The summed E-state index contributed by atoms with van der Waals surface area (Å²) >= 11 is 0. The second-order valence-corrected chi connectivity index (χ2v) is 12.1. The fourth-order valence-electron chi connectivity index (χ4n) is 5.24. The molecule has 0 bridgehead atoms. The lowest BCUT2D eigenvalue weighted by molar-refractivity contribution is 0.0999. The third-order valence-corrected chi connectivity index (χ3v) is 9.39. The molecule has 9 heteroatoms. The van der Waals surface area contributed by atoms with Gasteiger partial charge in [-0.3, -0.25) is 9.69 Å². The zero-order valence-electron chi connectivity index (χ0n) is 22.6. The highest BCUT2D eigenvalue weighted by Gasteiger charge is 2.29. The van der Waals surface area contributed by atoms with Crippen molar-refractivity contribution in [1.29, 1.82) is 0 Å². The largest absolute Gasteiger partial charge is 0.497 e. The van der Waals surface area contributed by atoms with Crippen LogP contribution in [0.2, 0.25) is 0 Å². The van der Waals surface area contributed by atoms with Gasteiger partial charge in [-0.25, -0.2) is 12.7 Å². The number of methoxy groups -OCH3 is 1. The number of benzene rings is 2. The minimum Gasteiger partial charge on any atom is -0.497 e. The number of hydrogen-bond donors (Lipinski definition) is 1. The van der Waals surface area contributed by atoms with Crippen molar-refractivity contribution >= 4 is 15.9 Å². The number of likely N-dealkylation sites (N-methyl/N-ethyl adjacent to an activating group) is 1.